The third-order valence-electron chi connectivity index (χ3n) is 4.83. The van der Waals surface area contributed by atoms with Crippen molar-refractivity contribution in [3.8, 4) is 16.9 Å². The molecule has 0 saturated carbocycles. The van der Waals surface area contributed by atoms with E-state index in [4.69, 9.17) is 21.4 Å². The zero-order chi connectivity index (χ0) is 24.4. The van der Waals surface area contributed by atoms with Gasteiger partial charge >= 0.3 is 5.97 Å². The summed E-state index contributed by atoms with van der Waals surface area (Å²) in [5.41, 5.74) is 10.9. The summed E-state index contributed by atoms with van der Waals surface area (Å²) in [5.74, 6) is 4.86. The Morgan fingerprint density at radius 3 is 2.36 bits per heavy atom. The number of nitrogen functional groups attached to an aromatic ring is 1. The number of nitrogens with zero attached hydrogens (tertiary/aromatic N) is 1. The number of methoxy groups -OCH3 is 1. The van der Waals surface area contributed by atoms with Crippen LogP contribution in [0.1, 0.15) is 34.8 Å². The zero-order valence-corrected chi connectivity index (χ0v) is 18.8. The normalized spacial score (nSPS) is 10.3. The van der Waals surface area contributed by atoms with Crippen LogP contribution in [-0.2, 0) is 4.79 Å². The molecule has 0 fully saturated rings. The molecule has 0 spiro atoms. The Balaban J connectivity index is 0.000000696. The Kier molecular flexibility index (Phi) is 8.99. The van der Waals surface area contributed by atoms with Gasteiger partial charge in [0, 0.05) is 40.0 Å². The van der Waals surface area contributed by atoms with Crippen LogP contribution in [0.5, 0.6) is 5.75 Å². The topological polar surface area (TPSA) is 140 Å². The fourth-order valence-electron chi connectivity index (χ4n) is 3.11. The first kappa shape index (κ1) is 24.9. The van der Waals surface area contributed by atoms with Crippen molar-refractivity contribution in [1.29, 1.82) is 0 Å². The first-order valence-corrected chi connectivity index (χ1v) is 10.2. The van der Waals surface area contributed by atoms with Gasteiger partial charge in [0.1, 0.15) is 12.1 Å². The van der Waals surface area contributed by atoms with Gasteiger partial charge in [0.05, 0.1) is 7.11 Å². The second-order valence-corrected chi connectivity index (χ2v) is 6.99. The van der Waals surface area contributed by atoms with Crippen molar-refractivity contribution < 1.29 is 19.4 Å². The molecule has 0 aliphatic carbocycles. The molecule has 0 unspecified atom stereocenters. The van der Waals surface area contributed by atoms with Gasteiger partial charge in [-0.1, -0.05) is 49.4 Å². The van der Waals surface area contributed by atoms with E-state index in [2.05, 4.69) is 10.4 Å². The molecule has 0 aliphatic rings. The Bertz CT molecular complexity index is 1140. The van der Waals surface area contributed by atoms with Gasteiger partial charge in [-0.3, -0.25) is 9.59 Å². The average molecular weight is 449 g/mol. The number of rotatable bonds is 7. The molecule has 0 amide bonds. The van der Waals surface area contributed by atoms with Crippen molar-refractivity contribution in [2.75, 3.05) is 18.2 Å². The molecule has 3 rings (SSSR count). The van der Waals surface area contributed by atoms with Crippen LogP contribution >= 0.6 is 0 Å². The summed E-state index contributed by atoms with van der Waals surface area (Å²) in [5, 5.41) is 14.0. The van der Waals surface area contributed by atoms with Gasteiger partial charge in [0.2, 0.25) is 0 Å². The maximum Gasteiger partial charge on any atom is 0.303 e. The molecule has 0 bridgehead atoms. The van der Waals surface area contributed by atoms with Crippen molar-refractivity contribution in [3.05, 3.63) is 77.4 Å². The lowest BCUT2D eigenvalue weighted by atomic mass is 9.92. The first-order valence-electron chi connectivity index (χ1n) is 10.2. The highest BCUT2D eigenvalue weighted by Gasteiger charge is 2.20. The molecule has 8 nitrogen and oxygen atoms in total. The van der Waals surface area contributed by atoms with Crippen molar-refractivity contribution in [3.63, 3.8) is 0 Å². The summed E-state index contributed by atoms with van der Waals surface area (Å²) in [6.07, 6.45) is 1.57. The minimum absolute atomic E-state index is 0.172. The van der Waals surface area contributed by atoms with Crippen molar-refractivity contribution in [2.24, 2.45) is 10.9 Å². The molecule has 0 aromatic heterocycles. The molecule has 33 heavy (non-hydrogen) atoms. The van der Waals surface area contributed by atoms with E-state index in [1.54, 1.807) is 38.3 Å². The minimum atomic E-state index is -0.745. The van der Waals surface area contributed by atoms with Gasteiger partial charge in [-0.2, -0.15) is 5.10 Å². The number of nitrogens with two attached hydrogens (primary N) is 2. The smallest absolute Gasteiger partial charge is 0.303 e. The lowest BCUT2D eigenvalue weighted by Crippen LogP contribution is -2.09. The van der Waals surface area contributed by atoms with E-state index in [0.717, 1.165) is 16.7 Å². The van der Waals surface area contributed by atoms with Crippen LogP contribution < -0.4 is 21.6 Å². The quantitative estimate of drug-likeness (QED) is 0.106. The van der Waals surface area contributed by atoms with Crippen LogP contribution in [0.25, 0.3) is 11.1 Å². The third kappa shape index (κ3) is 6.33. The predicted molar refractivity (Wildman–Crippen MR) is 132 cm³/mol. The lowest BCUT2D eigenvalue weighted by Gasteiger charge is -2.17. The number of nitrogens with one attached hydrogen (secondary N) is 1. The van der Waals surface area contributed by atoms with E-state index in [1.165, 1.54) is 6.34 Å². The van der Waals surface area contributed by atoms with Gasteiger partial charge in [-0.15, -0.1) is 0 Å². The van der Waals surface area contributed by atoms with E-state index in [0.29, 0.717) is 28.3 Å². The van der Waals surface area contributed by atoms with Crippen LogP contribution in [0.15, 0.2) is 65.8 Å². The Hall–Kier alpha value is -4.33. The number of ketones is 1. The molecule has 3 aromatic rings. The summed E-state index contributed by atoms with van der Waals surface area (Å²) >= 11 is 0. The molecule has 8 heteroatoms. The van der Waals surface area contributed by atoms with Crippen LogP contribution in [0.3, 0.4) is 0 Å². The van der Waals surface area contributed by atoms with Gasteiger partial charge in [-0.25, -0.2) is 0 Å². The monoisotopic (exact) mass is 448 g/mol. The number of carbonyl (C=O) groups is 2. The molecule has 6 N–H and O–H groups in total. The second-order valence-electron chi connectivity index (χ2n) is 6.99. The molecule has 0 heterocycles. The van der Waals surface area contributed by atoms with Crippen molar-refractivity contribution in [1.82, 2.24) is 0 Å². The Morgan fingerprint density at radius 1 is 1.12 bits per heavy atom. The molecule has 0 aliphatic heterocycles. The van der Waals surface area contributed by atoms with Crippen LogP contribution in [-0.4, -0.2) is 30.3 Å². The van der Waals surface area contributed by atoms with Crippen molar-refractivity contribution in [2.45, 2.75) is 20.3 Å². The molecular formula is C25H28N4O4. The highest BCUT2D eigenvalue weighted by molar-refractivity contribution is 6.14. The third-order valence-corrected chi connectivity index (χ3v) is 4.83. The molecule has 0 radical (unpaired) electrons. The van der Waals surface area contributed by atoms with Gasteiger partial charge in [0.15, 0.2) is 5.78 Å². The zero-order valence-electron chi connectivity index (χ0n) is 18.8. The number of carboxylic acids is 1. The molecule has 172 valence electrons. The highest BCUT2D eigenvalue weighted by Crippen LogP contribution is 2.38. The SMILES string of the molecule is CCC(=O)O.COc1c(-c2ccccc2)cc(C(=O)c2cccc(NC=NN)c2)c(N)c1C. The maximum absolute atomic E-state index is 13.2. The number of carboxylic acid groups (broad SMARTS) is 1. The molecule has 0 saturated heterocycles. The predicted octanol–water partition coefficient (Wildman–Crippen LogP) is 4.28. The van der Waals surface area contributed by atoms with E-state index >= 15 is 0 Å². The Morgan fingerprint density at radius 2 is 1.79 bits per heavy atom. The van der Waals surface area contributed by atoms with Crippen LogP contribution in [0.4, 0.5) is 11.4 Å². The summed E-state index contributed by atoms with van der Waals surface area (Å²) in [4.78, 5) is 22.6. The number of hydrogen-bond acceptors (Lipinski definition) is 6. The van der Waals surface area contributed by atoms with E-state index in [9.17, 15) is 9.59 Å². The summed E-state index contributed by atoms with van der Waals surface area (Å²) in [6.45, 7) is 3.45. The van der Waals surface area contributed by atoms with E-state index in [-0.39, 0.29) is 12.2 Å². The second kappa shape index (κ2) is 11.9. The van der Waals surface area contributed by atoms with Crippen LogP contribution in [0, 0.1) is 6.92 Å². The minimum Gasteiger partial charge on any atom is -0.496 e. The number of ether oxygens (including phenoxy) is 1. The van der Waals surface area contributed by atoms with Gasteiger partial charge < -0.3 is 26.7 Å². The summed E-state index contributed by atoms with van der Waals surface area (Å²) in [6, 6.07) is 18.6. The number of anilines is 2. The fourth-order valence-corrected chi connectivity index (χ4v) is 3.11. The first-order chi connectivity index (χ1) is 15.8. The van der Waals surface area contributed by atoms with Gasteiger partial charge in [0.25, 0.3) is 0 Å². The van der Waals surface area contributed by atoms with E-state index in [1.807, 2.05) is 43.3 Å². The molecule has 3 aromatic carbocycles. The van der Waals surface area contributed by atoms with Gasteiger partial charge in [-0.05, 0) is 30.7 Å². The van der Waals surface area contributed by atoms with Crippen molar-refractivity contribution >= 4 is 29.5 Å². The van der Waals surface area contributed by atoms with Crippen LogP contribution in [0.2, 0.25) is 0 Å². The fraction of sp³-hybridized carbons (Fsp3) is 0.160. The molecular weight excluding hydrogens is 420 g/mol. The highest BCUT2D eigenvalue weighted by atomic mass is 16.5. The standard InChI is InChI=1S/C22H22N4O2.C3H6O2/c1-14-20(23)19(12-18(22(14)28-2)15-7-4-3-5-8-15)21(27)16-9-6-10-17(11-16)25-13-26-24;1-2-3(4)5/h3-13H,23-24H2,1-2H3,(H,25,26);2H2,1H3,(H,4,5). The largest absolute Gasteiger partial charge is 0.496 e. The van der Waals surface area contributed by atoms with E-state index < -0.39 is 5.97 Å². The maximum atomic E-state index is 13.2. The lowest BCUT2D eigenvalue weighted by molar-refractivity contribution is -0.136. The summed E-state index contributed by atoms with van der Waals surface area (Å²) in [7, 11) is 1.60. The number of hydrogen-bond donors (Lipinski definition) is 4. The number of benzene rings is 3. The Labute approximate surface area is 192 Å². The number of carbonyl (C=O) groups excluding carboxylic acids is 1. The summed E-state index contributed by atoms with van der Waals surface area (Å²) < 4.78 is 5.59. The number of aliphatic carboxylic acids is 1. The molecule has 0 atom stereocenters. The average Bonchev–Trinajstić information content (AvgIpc) is 2.84. The number of hydrazone groups is 1.